The van der Waals surface area contributed by atoms with Crippen LogP contribution in [0.2, 0.25) is 0 Å². The van der Waals surface area contributed by atoms with Crippen molar-refractivity contribution < 1.29 is 18.4 Å². The quantitative estimate of drug-likeness (QED) is 0.420. The summed E-state index contributed by atoms with van der Waals surface area (Å²) >= 11 is 0. The predicted molar refractivity (Wildman–Crippen MR) is 88.8 cm³/mol. The molecule has 4 aromatic rings. The van der Waals surface area contributed by atoms with E-state index in [1.54, 1.807) is 24.3 Å². The fourth-order valence-corrected chi connectivity index (χ4v) is 3.61. The predicted octanol–water partition coefficient (Wildman–Crippen LogP) is 4.57. The summed E-state index contributed by atoms with van der Waals surface area (Å²) < 4.78 is 11.6. The van der Waals surface area contributed by atoms with Gasteiger partial charge in [-0.1, -0.05) is 24.3 Å². The highest BCUT2D eigenvalue weighted by molar-refractivity contribution is 6.36. The smallest absolute Gasteiger partial charge is 0.198 e. The van der Waals surface area contributed by atoms with E-state index < -0.39 is 0 Å². The first kappa shape index (κ1) is 13.3. The highest BCUT2D eigenvalue weighted by Crippen LogP contribution is 2.41. The molecule has 1 aliphatic carbocycles. The van der Waals surface area contributed by atoms with Crippen molar-refractivity contribution in [3.63, 3.8) is 0 Å². The molecule has 24 heavy (non-hydrogen) atoms. The molecule has 0 radical (unpaired) electrons. The fourth-order valence-electron chi connectivity index (χ4n) is 3.61. The van der Waals surface area contributed by atoms with Crippen molar-refractivity contribution in [1.29, 1.82) is 0 Å². The Balaban J connectivity index is 2.05. The Bertz CT molecular complexity index is 1110. The van der Waals surface area contributed by atoms with Crippen LogP contribution in [-0.4, -0.2) is 11.6 Å². The van der Waals surface area contributed by atoms with Crippen LogP contribution < -0.4 is 0 Å². The standard InChI is InChI=1S/C20H12O4/c1-9-7-13-14-8-10(2)24-20(14)16-15(19(13)23-9)17(21)11-5-3-4-6-12(11)18(16)22/h3-8H,1-2H3. The Morgan fingerprint density at radius 1 is 0.708 bits per heavy atom. The molecule has 4 nitrogen and oxygen atoms in total. The summed E-state index contributed by atoms with van der Waals surface area (Å²) in [6.45, 7) is 3.66. The van der Waals surface area contributed by atoms with Gasteiger partial charge in [-0.15, -0.1) is 0 Å². The van der Waals surface area contributed by atoms with Gasteiger partial charge >= 0.3 is 0 Å². The second-order valence-electron chi connectivity index (χ2n) is 6.15. The van der Waals surface area contributed by atoms with E-state index in [2.05, 4.69) is 0 Å². The number of ketones is 2. The Kier molecular flexibility index (Phi) is 2.35. The third-order valence-electron chi connectivity index (χ3n) is 4.58. The van der Waals surface area contributed by atoms with Crippen molar-refractivity contribution in [1.82, 2.24) is 0 Å². The van der Waals surface area contributed by atoms with Gasteiger partial charge in [0.1, 0.15) is 22.7 Å². The zero-order chi connectivity index (χ0) is 16.6. The molecule has 2 aromatic carbocycles. The number of carbonyl (C=O) groups is 2. The number of carbonyl (C=O) groups excluding carboxylic acids is 2. The highest BCUT2D eigenvalue weighted by atomic mass is 16.3. The molecule has 0 atom stereocenters. The molecule has 4 heteroatoms. The van der Waals surface area contributed by atoms with Crippen molar-refractivity contribution in [2.24, 2.45) is 0 Å². The summed E-state index contributed by atoms with van der Waals surface area (Å²) in [7, 11) is 0. The lowest BCUT2D eigenvalue weighted by atomic mass is 9.82. The van der Waals surface area contributed by atoms with Gasteiger partial charge in [0.15, 0.2) is 11.6 Å². The first-order valence-electron chi connectivity index (χ1n) is 7.71. The van der Waals surface area contributed by atoms with E-state index >= 15 is 0 Å². The first-order valence-corrected chi connectivity index (χ1v) is 7.71. The highest BCUT2D eigenvalue weighted by Gasteiger charge is 2.36. The van der Waals surface area contributed by atoms with Crippen molar-refractivity contribution >= 4 is 33.5 Å². The molecule has 0 unspecified atom stereocenters. The molecule has 0 amide bonds. The van der Waals surface area contributed by atoms with E-state index in [1.165, 1.54) is 0 Å². The third kappa shape index (κ3) is 1.48. The summed E-state index contributed by atoms with van der Waals surface area (Å²) in [6.07, 6.45) is 0. The van der Waals surface area contributed by atoms with Gasteiger partial charge in [0, 0.05) is 21.9 Å². The topological polar surface area (TPSA) is 60.4 Å². The van der Waals surface area contributed by atoms with Crippen LogP contribution in [0, 0.1) is 13.8 Å². The summed E-state index contributed by atoms with van der Waals surface area (Å²) in [5.74, 6) is 0.987. The summed E-state index contributed by atoms with van der Waals surface area (Å²) in [5, 5.41) is 1.61. The van der Waals surface area contributed by atoms with Gasteiger partial charge in [-0.05, 0) is 26.0 Å². The minimum atomic E-state index is -0.199. The molecule has 2 heterocycles. The molecule has 0 saturated carbocycles. The molecule has 0 aliphatic heterocycles. The lowest BCUT2D eigenvalue weighted by Gasteiger charge is -2.17. The van der Waals surface area contributed by atoms with Gasteiger partial charge in [0.2, 0.25) is 0 Å². The van der Waals surface area contributed by atoms with E-state index in [9.17, 15) is 9.59 Å². The minimum absolute atomic E-state index is 0.199. The molecular formula is C20H12O4. The second kappa shape index (κ2) is 4.23. The number of benzene rings is 2. The van der Waals surface area contributed by atoms with Crippen LogP contribution in [-0.2, 0) is 0 Å². The molecule has 0 N–H and O–H groups in total. The minimum Gasteiger partial charge on any atom is -0.461 e. The van der Waals surface area contributed by atoms with E-state index in [1.807, 2.05) is 26.0 Å². The largest absolute Gasteiger partial charge is 0.461 e. The number of hydrogen-bond acceptors (Lipinski definition) is 4. The van der Waals surface area contributed by atoms with Crippen LogP contribution in [0.15, 0.2) is 45.2 Å². The average Bonchev–Trinajstić information content (AvgIpc) is 3.13. The molecule has 2 aromatic heterocycles. The maximum Gasteiger partial charge on any atom is 0.198 e. The van der Waals surface area contributed by atoms with Crippen molar-refractivity contribution in [2.45, 2.75) is 13.8 Å². The Hall–Kier alpha value is -3.14. The van der Waals surface area contributed by atoms with E-state index in [4.69, 9.17) is 8.83 Å². The number of hydrogen-bond donors (Lipinski definition) is 0. The number of aryl methyl sites for hydroxylation is 2. The van der Waals surface area contributed by atoms with Crippen LogP contribution in [0.5, 0.6) is 0 Å². The van der Waals surface area contributed by atoms with Crippen LogP contribution in [0.4, 0.5) is 0 Å². The van der Waals surface area contributed by atoms with Gasteiger partial charge in [-0.25, -0.2) is 0 Å². The zero-order valence-corrected chi connectivity index (χ0v) is 13.1. The first-order chi connectivity index (χ1) is 11.6. The van der Waals surface area contributed by atoms with Crippen LogP contribution >= 0.6 is 0 Å². The molecule has 0 spiro atoms. The van der Waals surface area contributed by atoms with Crippen molar-refractivity contribution in [3.05, 3.63) is 70.2 Å². The molecule has 0 saturated heterocycles. The lowest BCUT2D eigenvalue weighted by Crippen LogP contribution is -2.21. The number of rotatable bonds is 0. The second-order valence-corrected chi connectivity index (χ2v) is 6.15. The molecule has 0 fully saturated rings. The maximum atomic E-state index is 13.1. The third-order valence-corrected chi connectivity index (χ3v) is 4.58. The van der Waals surface area contributed by atoms with Gasteiger partial charge in [-0.3, -0.25) is 9.59 Å². The van der Waals surface area contributed by atoms with Crippen LogP contribution in [0.1, 0.15) is 43.4 Å². The lowest BCUT2D eigenvalue weighted by molar-refractivity contribution is 0.0980. The van der Waals surface area contributed by atoms with E-state index in [-0.39, 0.29) is 11.6 Å². The van der Waals surface area contributed by atoms with Crippen LogP contribution in [0.3, 0.4) is 0 Å². The van der Waals surface area contributed by atoms with Gasteiger partial charge in [0.25, 0.3) is 0 Å². The number of furan rings is 2. The maximum absolute atomic E-state index is 13.1. The molecule has 5 rings (SSSR count). The van der Waals surface area contributed by atoms with Gasteiger partial charge in [-0.2, -0.15) is 0 Å². The molecule has 1 aliphatic rings. The summed E-state index contributed by atoms with van der Waals surface area (Å²) in [6, 6.07) is 10.6. The van der Waals surface area contributed by atoms with Gasteiger partial charge in [0.05, 0.1) is 11.1 Å². The SMILES string of the molecule is Cc1cc2c(o1)c1c(c3oc(C)cc32)C(=O)c2ccccc2C1=O. The monoisotopic (exact) mass is 316 g/mol. The zero-order valence-electron chi connectivity index (χ0n) is 13.1. The molecule has 0 bridgehead atoms. The Morgan fingerprint density at radius 2 is 1.12 bits per heavy atom. The Morgan fingerprint density at radius 3 is 1.54 bits per heavy atom. The molecular weight excluding hydrogens is 304 g/mol. The number of fused-ring (bicyclic) bond motifs is 7. The van der Waals surface area contributed by atoms with Gasteiger partial charge < -0.3 is 8.83 Å². The van der Waals surface area contributed by atoms with Crippen LogP contribution in [0.25, 0.3) is 21.9 Å². The van der Waals surface area contributed by atoms with Crippen molar-refractivity contribution in [2.75, 3.05) is 0 Å². The molecule has 116 valence electrons. The summed E-state index contributed by atoms with van der Waals surface area (Å²) in [5.41, 5.74) is 2.36. The van der Waals surface area contributed by atoms with E-state index in [0.717, 1.165) is 10.8 Å². The Labute approximate surface area is 136 Å². The normalized spacial score (nSPS) is 13.6. The van der Waals surface area contributed by atoms with Crippen molar-refractivity contribution in [3.8, 4) is 0 Å². The average molecular weight is 316 g/mol. The van der Waals surface area contributed by atoms with E-state index in [0.29, 0.717) is 44.9 Å². The summed E-state index contributed by atoms with van der Waals surface area (Å²) in [4.78, 5) is 26.1. The fraction of sp³-hybridized carbons (Fsp3) is 0.100.